The van der Waals surface area contributed by atoms with E-state index in [1.165, 1.54) is 0 Å². The Morgan fingerprint density at radius 3 is 2.87 bits per heavy atom. The molecule has 80 valence electrons. The third-order valence-corrected chi connectivity index (χ3v) is 2.32. The first-order valence-corrected chi connectivity index (χ1v) is 5.53. The van der Waals surface area contributed by atoms with Crippen LogP contribution in [-0.4, -0.2) is 13.2 Å². The Balaban J connectivity index is 2.57. The molecule has 0 saturated heterocycles. The first-order chi connectivity index (χ1) is 7.27. The number of ether oxygens (including phenoxy) is 1. The molecule has 0 spiro atoms. The van der Waals surface area contributed by atoms with Crippen LogP contribution >= 0.6 is 23.0 Å². The van der Waals surface area contributed by atoms with Crippen LogP contribution in [0.2, 0.25) is 0 Å². The summed E-state index contributed by atoms with van der Waals surface area (Å²) < 4.78 is 10.4. The Morgan fingerprint density at radius 2 is 2.20 bits per heavy atom. The van der Waals surface area contributed by atoms with Crippen LogP contribution in [-0.2, 0) is 3.07 Å². The Labute approximate surface area is 104 Å². The normalized spacial score (nSPS) is 9.67. The minimum Gasteiger partial charge on any atom is -0.492 e. The number of halogens is 1. The van der Waals surface area contributed by atoms with E-state index in [1.807, 2.05) is 48.1 Å². The number of nitrogens with zero attached hydrogens (tertiary/aromatic N) is 1. The molecule has 0 heterocycles. The molecule has 15 heavy (non-hydrogen) atoms. The second kappa shape index (κ2) is 6.64. The summed E-state index contributed by atoms with van der Waals surface area (Å²) in [7, 11) is 0. The van der Waals surface area contributed by atoms with Gasteiger partial charge in [-0.1, -0.05) is 6.07 Å². The fourth-order valence-electron chi connectivity index (χ4n) is 1.15. The number of aryl methyl sites for hydroxylation is 1. The fourth-order valence-corrected chi connectivity index (χ4v) is 1.46. The van der Waals surface area contributed by atoms with Crippen molar-refractivity contribution in [3.05, 3.63) is 29.3 Å². The summed E-state index contributed by atoms with van der Waals surface area (Å²) >= 11 is 1.85. The quantitative estimate of drug-likeness (QED) is 0.619. The molecule has 0 saturated carbocycles. The van der Waals surface area contributed by atoms with Crippen LogP contribution in [0.15, 0.2) is 18.2 Å². The largest absolute Gasteiger partial charge is 0.492 e. The molecule has 0 aliphatic rings. The second-order valence-electron chi connectivity index (χ2n) is 3.13. The van der Waals surface area contributed by atoms with Gasteiger partial charge in [0.2, 0.25) is 0 Å². The summed E-state index contributed by atoms with van der Waals surface area (Å²) in [5.41, 5.74) is 1.65. The number of benzene rings is 1. The lowest BCUT2D eigenvalue weighted by molar-refractivity contribution is 0.278. The molecule has 4 heteroatoms. The van der Waals surface area contributed by atoms with Crippen molar-refractivity contribution in [2.24, 2.45) is 0 Å². The highest BCUT2D eigenvalue weighted by atomic mass is 127. The molecule has 0 amide bonds. The third-order valence-electron chi connectivity index (χ3n) is 1.88. The zero-order chi connectivity index (χ0) is 11.1. The molecule has 0 bridgehead atoms. The number of rotatable bonds is 5. The van der Waals surface area contributed by atoms with Gasteiger partial charge in [0.05, 0.1) is 18.8 Å². The first-order valence-electron chi connectivity index (χ1n) is 4.65. The fraction of sp³-hybridized carbons (Fsp3) is 0.364. The SMILES string of the molecule is Cc1ccc(OCCCOI)c(C#N)c1. The van der Waals surface area contributed by atoms with Crippen LogP contribution in [0.25, 0.3) is 0 Å². The molecule has 0 N–H and O–H groups in total. The van der Waals surface area contributed by atoms with Crippen molar-refractivity contribution in [3.63, 3.8) is 0 Å². The summed E-state index contributed by atoms with van der Waals surface area (Å²) in [6.07, 6.45) is 0.821. The van der Waals surface area contributed by atoms with E-state index in [2.05, 4.69) is 6.07 Å². The maximum Gasteiger partial charge on any atom is 0.137 e. The van der Waals surface area contributed by atoms with E-state index < -0.39 is 0 Å². The Kier molecular flexibility index (Phi) is 5.43. The summed E-state index contributed by atoms with van der Waals surface area (Å²) in [4.78, 5) is 0. The first kappa shape index (κ1) is 12.3. The maximum absolute atomic E-state index is 8.89. The molecule has 0 atom stereocenters. The van der Waals surface area contributed by atoms with Crippen molar-refractivity contribution >= 4 is 23.0 Å². The summed E-state index contributed by atoms with van der Waals surface area (Å²) in [6, 6.07) is 7.71. The van der Waals surface area contributed by atoms with Crippen molar-refractivity contribution in [1.29, 1.82) is 5.26 Å². The van der Waals surface area contributed by atoms with E-state index in [0.717, 1.165) is 12.0 Å². The molecule has 0 aliphatic carbocycles. The van der Waals surface area contributed by atoms with Gasteiger partial charge in [0.25, 0.3) is 0 Å². The highest BCUT2D eigenvalue weighted by molar-refractivity contribution is 14.1. The van der Waals surface area contributed by atoms with Crippen molar-refractivity contribution in [2.45, 2.75) is 13.3 Å². The van der Waals surface area contributed by atoms with Crippen LogP contribution in [0.1, 0.15) is 17.5 Å². The van der Waals surface area contributed by atoms with Gasteiger partial charge in [0.1, 0.15) is 34.8 Å². The lowest BCUT2D eigenvalue weighted by Crippen LogP contribution is -2.01. The van der Waals surface area contributed by atoms with Crippen LogP contribution in [0.5, 0.6) is 5.75 Å². The van der Waals surface area contributed by atoms with E-state index in [-0.39, 0.29) is 0 Å². The molecule has 1 aromatic rings. The van der Waals surface area contributed by atoms with E-state index in [0.29, 0.717) is 24.5 Å². The average Bonchev–Trinajstić information content (AvgIpc) is 2.26. The van der Waals surface area contributed by atoms with Gasteiger partial charge < -0.3 is 7.80 Å². The van der Waals surface area contributed by atoms with Gasteiger partial charge in [-0.25, -0.2) is 0 Å². The molecule has 0 unspecified atom stereocenters. The van der Waals surface area contributed by atoms with Crippen molar-refractivity contribution in [2.75, 3.05) is 13.2 Å². The van der Waals surface area contributed by atoms with Crippen LogP contribution in [0.4, 0.5) is 0 Å². The Morgan fingerprint density at radius 1 is 1.40 bits per heavy atom. The molecular formula is C11H12INO2. The van der Waals surface area contributed by atoms with Gasteiger partial charge in [0.15, 0.2) is 0 Å². The zero-order valence-electron chi connectivity index (χ0n) is 8.50. The average molecular weight is 317 g/mol. The monoisotopic (exact) mass is 317 g/mol. The molecule has 0 aliphatic heterocycles. The smallest absolute Gasteiger partial charge is 0.137 e. The summed E-state index contributed by atoms with van der Waals surface area (Å²) in [5.74, 6) is 0.650. The molecule has 0 radical (unpaired) electrons. The van der Waals surface area contributed by atoms with Gasteiger partial charge in [0, 0.05) is 6.42 Å². The predicted molar refractivity (Wildman–Crippen MR) is 66.0 cm³/mol. The van der Waals surface area contributed by atoms with Crippen molar-refractivity contribution < 1.29 is 7.80 Å². The van der Waals surface area contributed by atoms with E-state index in [1.54, 1.807) is 0 Å². The van der Waals surface area contributed by atoms with Gasteiger partial charge in [-0.3, -0.25) is 0 Å². The molecule has 1 aromatic carbocycles. The van der Waals surface area contributed by atoms with Gasteiger partial charge in [-0.2, -0.15) is 5.26 Å². The minimum atomic E-state index is 0.570. The minimum absolute atomic E-state index is 0.570. The Bertz CT molecular complexity index is 360. The van der Waals surface area contributed by atoms with E-state index in [4.69, 9.17) is 13.1 Å². The summed E-state index contributed by atoms with van der Waals surface area (Å²) in [6.45, 7) is 3.18. The van der Waals surface area contributed by atoms with Gasteiger partial charge in [-0.05, 0) is 24.6 Å². The standard InChI is InChI=1S/C11H12INO2/c1-9-3-4-11(10(7-9)8-13)14-5-2-6-15-12/h3-4,7H,2,5-6H2,1H3. The molecule has 3 nitrogen and oxygen atoms in total. The topological polar surface area (TPSA) is 42.2 Å². The summed E-state index contributed by atoms with van der Waals surface area (Å²) in [5, 5.41) is 8.89. The van der Waals surface area contributed by atoms with Gasteiger partial charge >= 0.3 is 0 Å². The number of nitriles is 1. The molecule has 0 fully saturated rings. The highest BCUT2D eigenvalue weighted by Crippen LogP contribution is 2.19. The van der Waals surface area contributed by atoms with Crippen LogP contribution in [0, 0.1) is 18.3 Å². The second-order valence-corrected chi connectivity index (χ2v) is 3.75. The molecular weight excluding hydrogens is 305 g/mol. The van der Waals surface area contributed by atoms with E-state index in [9.17, 15) is 0 Å². The third kappa shape index (κ3) is 4.06. The molecule has 1 rings (SSSR count). The van der Waals surface area contributed by atoms with Crippen LogP contribution < -0.4 is 4.74 Å². The number of hydrogen-bond acceptors (Lipinski definition) is 3. The lowest BCUT2D eigenvalue weighted by Gasteiger charge is -2.07. The van der Waals surface area contributed by atoms with Crippen molar-refractivity contribution in [1.82, 2.24) is 0 Å². The van der Waals surface area contributed by atoms with Crippen molar-refractivity contribution in [3.8, 4) is 11.8 Å². The van der Waals surface area contributed by atoms with Gasteiger partial charge in [-0.15, -0.1) is 0 Å². The zero-order valence-corrected chi connectivity index (χ0v) is 10.7. The lowest BCUT2D eigenvalue weighted by atomic mass is 10.1. The highest BCUT2D eigenvalue weighted by Gasteiger charge is 2.02. The number of hydrogen-bond donors (Lipinski definition) is 0. The predicted octanol–water partition coefficient (Wildman–Crippen LogP) is 3.00. The Hall–Kier alpha value is -0.800. The molecule has 0 aromatic heterocycles. The van der Waals surface area contributed by atoms with Crippen LogP contribution in [0.3, 0.4) is 0 Å². The maximum atomic E-state index is 8.89. The van der Waals surface area contributed by atoms with E-state index >= 15 is 0 Å².